The van der Waals surface area contributed by atoms with Gasteiger partial charge in [0.15, 0.2) is 0 Å². The van der Waals surface area contributed by atoms with E-state index in [9.17, 15) is 8.42 Å². The molecule has 0 amide bonds. The van der Waals surface area contributed by atoms with Gasteiger partial charge >= 0.3 is 0 Å². The highest BCUT2D eigenvalue weighted by molar-refractivity contribution is 7.89. The van der Waals surface area contributed by atoms with Crippen LogP contribution >= 0.6 is 11.6 Å². The van der Waals surface area contributed by atoms with Crippen LogP contribution in [0, 0.1) is 5.41 Å². The molecule has 1 fully saturated rings. The third kappa shape index (κ3) is 3.11. The van der Waals surface area contributed by atoms with Gasteiger partial charge < -0.3 is 0 Å². The molecule has 0 heterocycles. The SMILES string of the molecule is CC1(C)CCCC1NS(=O)(=O)CCCl. The highest BCUT2D eigenvalue weighted by atomic mass is 35.5. The van der Waals surface area contributed by atoms with Crippen LogP contribution in [0.1, 0.15) is 33.1 Å². The molecule has 0 bridgehead atoms. The van der Waals surface area contributed by atoms with Crippen LogP contribution in [0.3, 0.4) is 0 Å². The predicted octanol–water partition coefficient (Wildman–Crippen LogP) is 1.72. The van der Waals surface area contributed by atoms with Gasteiger partial charge in [-0.05, 0) is 18.3 Å². The summed E-state index contributed by atoms with van der Waals surface area (Å²) in [5.41, 5.74) is 0.0827. The molecule has 0 aromatic rings. The molecular weight excluding hydrogens is 222 g/mol. The molecule has 5 heteroatoms. The van der Waals surface area contributed by atoms with Crippen molar-refractivity contribution >= 4 is 21.6 Å². The molecule has 0 aromatic carbocycles. The van der Waals surface area contributed by atoms with E-state index in [0.29, 0.717) is 0 Å². The second kappa shape index (κ2) is 4.37. The van der Waals surface area contributed by atoms with Gasteiger partial charge in [0.2, 0.25) is 10.0 Å². The average Bonchev–Trinajstić information content (AvgIpc) is 2.29. The van der Waals surface area contributed by atoms with Crippen molar-refractivity contribution in [3.63, 3.8) is 0 Å². The molecule has 0 aromatic heterocycles. The van der Waals surface area contributed by atoms with Crippen molar-refractivity contribution in [2.45, 2.75) is 39.2 Å². The maximum Gasteiger partial charge on any atom is 0.213 e. The minimum Gasteiger partial charge on any atom is -0.212 e. The zero-order valence-corrected chi connectivity index (χ0v) is 10.3. The van der Waals surface area contributed by atoms with Gasteiger partial charge in [-0.25, -0.2) is 13.1 Å². The quantitative estimate of drug-likeness (QED) is 0.760. The van der Waals surface area contributed by atoms with Gasteiger partial charge in [0.05, 0.1) is 5.75 Å². The first-order valence-electron chi connectivity index (χ1n) is 4.93. The van der Waals surface area contributed by atoms with E-state index in [2.05, 4.69) is 18.6 Å². The Morgan fingerprint density at radius 2 is 2.14 bits per heavy atom. The molecule has 1 saturated carbocycles. The van der Waals surface area contributed by atoms with E-state index in [1.165, 1.54) is 0 Å². The largest absolute Gasteiger partial charge is 0.213 e. The zero-order chi connectivity index (χ0) is 10.8. The fourth-order valence-corrected chi connectivity index (χ4v) is 3.72. The van der Waals surface area contributed by atoms with Crippen molar-refractivity contribution in [2.24, 2.45) is 5.41 Å². The van der Waals surface area contributed by atoms with Crippen LogP contribution in [0.15, 0.2) is 0 Å². The lowest BCUT2D eigenvalue weighted by Gasteiger charge is -2.27. The summed E-state index contributed by atoms with van der Waals surface area (Å²) in [5, 5.41) is 0. The summed E-state index contributed by atoms with van der Waals surface area (Å²) >= 11 is 5.42. The van der Waals surface area contributed by atoms with E-state index in [1.54, 1.807) is 0 Å². The van der Waals surface area contributed by atoms with Crippen LogP contribution in [0.2, 0.25) is 0 Å². The second-order valence-electron chi connectivity index (χ2n) is 4.56. The zero-order valence-electron chi connectivity index (χ0n) is 8.72. The molecule has 1 aliphatic carbocycles. The minimum absolute atomic E-state index is 0.0150. The maximum absolute atomic E-state index is 11.5. The molecule has 84 valence electrons. The average molecular weight is 240 g/mol. The highest BCUT2D eigenvalue weighted by Gasteiger charge is 2.36. The van der Waals surface area contributed by atoms with Crippen LogP contribution in [0.5, 0.6) is 0 Å². The fraction of sp³-hybridized carbons (Fsp3) is 1.00. The van der Waals surface area contributed by atoms with E-state index in [1.807, 2.05) is 0 Å². The Morgan fingerprint density at radius 3 is 2.57 bits per heavy atom. The molecule has 1 unspecified atom stereocenters. The Hall–Kier alpha value is 0.200. The summed E-state index contributed by atoms with van der Waals surface area (Å²) in [5.74, 6) is 0.170. The summed E-state index contributed by atoms with van der Waals surface area (Å²) in [7, 11) is -3.17. The number of alkyl halides is 1. The van der Waals surface area contributed by atoms with E-state index in [0.717, 1.165) is 19.3 Å². The normalized spacial score (nSPS) is 26.6. The minimum atomic E-state index is -3.17. The lowest BCUT2D eigenvalue weighted by molar-refractivity contribution is 0.313. The molecule has 1 atom stereocenters. The van der Waals surface area contributed by atoms with Gasteiger partial charge in [-0.3, -0.25) is 0 Å². The number of hydrogen-bond donors (Lipinski definition) is 1. The molecule has 3 nitrogen and oxygen atoms in total. The van der Waals surface area contributed by atoms with Gasteiger partial charge in [0.25, 0.3) is 0 Å². The third-order valence-electron chi connectivity index (χ3n) is 2.92. The Morgan fingerprint density at radius 1 is 1.50 bits per heavy atom. The number of rotatable bonds is 4. The van der Waals surface area contributed by atoms with Gasteiger partial charge in [-0.1, -0.05) is 20.3 Å². The summed E-state index contributed by atoms with van der Waals surface area (Å²) in [6.07, 6.45) is 3.12. The molecular formula is C9H18ClNO2S. The molecule has 1 rings (SSSR count). The van der Waals surface area contributed by atoms with Gasteiger partial charge in [-0.15, -0.1) is 11.6 Å². The van der Waals surface area contributed by atoms with Crippen LogP contribution < -0.4 is 4.72 Å². The van der Waals surface area contributed by atoms with Crippen molar-refractivity contribution in [1.82, 2.24) is 4.72 Å². The topological polar surface area (TPSA) is 46.2 Å². The van der Waals surface area contributed by atoms with Gasteiger partial charge in [0.1, 0.15) is 0 Å². The standard InChI is InChI=1S/C9H18ClNO2S/c1-9(2)5-3-4-8(9)11-14(12,13)7-6-10/h8,11H,3-7H2,1-2H3. The van der Waals surface area contributed by atoms with Crippen LogP contribution in [0.25, 0.3) is 0 Å². The maximum atomic E-state index is 11.5. The molecule has 0 radical (unpaired) electrons. The van der Waals surface area contributed by atoms with E-state index in [-0.39, 0.29) is 23.1 Å². The fourth-order valence-electron chi connectivity index (χ4n) is 1.92. The molecule has 0 aliphatic heterocycles. The monoisotopic (exact) mass is 239 g/mol. The molecule has 1 aliphatic rings. The molecule has 1 N–H and O–H groups in total. The third-order valence-corrected chi connectivity index (χ3v) is 4.72. The Bertz CT molecular complexity index is 287. The second-order valence-corrected chi connectivity index (χ2v) is 6.81. The lowest BCUT2D eigenvalue weighted by Crippen LogP contribution is -2.42. The number of halogens is 1. The van der Waals surface area contributed by atoms with E-state index in [4.69, 9.17) is 11.6 Å². The summed E-state index contributed by atoms with van der Waals surface area (Å²) in [4.78, 5) is 0. The first kappa shape index (κ1) is 12.3. The number of hydrogen-bond acceptors (Lipinski definition) is 2. The number of nitrogens with one attached hydrogen (secondary N) is 1. The Labute approximate surface area is 91.3 Å². The number of sulfonamides is 1. The first-order valence-corrected chi connectivity index (χ1v) is 7.12. The van der Waals surface area contributed by atoms with Crippen molar-refractivity contribution in [1.29, 1.82) is 0 Å². The highest BCUT2D eigenvalue weighted by Crippen LogP contribution is 2.37. The summed E-state index contributed by atoms with van der Waals surface area (Å²) < 4.78 is 25.7. The Kier molecular flexibility index (Phi) is 3.83. The van der Waals surface area contributed by atoms with Crippen LogP contribution in [0.4, 0.5) is 0 Å². The van der Waals surface area contributed by atoms with Crippen molar-refractivity contribution < 1.29 is 8.42 Å². The van der Waals surface area contributed by atoms with Gasteiger partial charge in [0, 0.05) is 11.9 Å². The smallest absolute Gasteiger partial charge is 0.212 e. The Balaban J connectivity index is 2.60. The van der Waals surface area contributed by atoms with Crippen molar-refractivity contribution in [2.75, 3.05) is 11.6 Å². The van der Waals surface area contributed by atoms with Crippen molar-refractivity contribution in [3.8, 4) is 0 Å². The molecule has 0 saturated heterocycles. The molecule has 0 spiro atoms. The van der Waals surface area contributed by atoms with E-state index < -0.39 is 10.0 Å². The first-order chi connectivity index (χ1) is 6.37. The van der Waals surface area contributed by atoms with Crippen molar-refractivity contribution in [3.05, 3.63) is 0 Å². The summed E-state index contributed by atoms with van der Waals surface area (Å²) in [6.45, 7) is 4.21. The summed E-state index contributed by atoms with van der Waals surface area (Å²) in [6, 6.07) is 0.0794. The predicted molar refractivity (Wildman–Crippen MR) is 59.1 cm³/mol. The lowest BCUT2D eigenvalue weighted by atomic mass is 9.88. The van der Waals surface area contributed by atoms with E-state index >= 15 is 0 Å². The van der Waals surface area contributed by atoms with Crippen LogP contribution in [-0.2, 0) is 10.0 Å². The van der Waals surface area contributed by atoms with Crippen LogP contribution in [-0.4, -0.2) is 26.1 Å². The molecule has 14 heavy (non-hydrogen) atoms. The van der Waals surface area contributed by atoms with Gasteiger partial charge in [-0.2, -0.15) is 0 Å².